The Bertz CT molecular complexity index is 923. The van der Waals surface area contributed by atoms with E-state index < -0.39 is 0 Å². The predicted molar refractivity (Wildman–Crippen MR) is 97.4 cm³/mol. The second kappa shape index (κ2) is 6.28. The van der Waals surface area contributed by atoms with Gasteiger partial charge in [0.15, 0.2) is 0 Å². The molecule has 0 atom stereocenters. The SMILES string of the molecule is COc1cc(OC)cc(-c2cc3ccc(N(C)C)cc3c(=O)[nH]2)c1. The lowest BCUT2D eigenvalue weighted by Crippen LogP contribution is -2.11. The van der Waals surface area contributed by atoms with Gasteiger partial charge in [-0.25, -0.2) is 0 Å². The van der Waals surface area contributed by atoms with Gasteiger partial charge in [0, 0.05) is 42.5 Å². The lowest BCUT2D eigenvalue weighted by Gasteiger charge is -2.13. The van der Waals surface area contributed by atoms with E-state index in [1.165, 1.54) is 0 Å². The van der Waals surface area contributed by atoms with Crippen LogP contribution in [0.25, 0.3) is 22.0 Å². The van der Waals surface area contributed by atoms with E-state index in [-0.39, 0.29) is 5.56 Å². The molecule has 1 heterocycles. The van der Waals surface area contributed by atoms with E-state index in [0.717, 1.165) is 22.3 Å². The molecule has 0 amide bonds. The van der Waals surface area contributed by atoms with Crippen molar-refractivity contribution in [2.75, 3.05) is 33.2 Å². The number of nitrogens with zero attached hydrogens (tertiary/aromatic N) is 1. The molecule has 5 heteroatoms. The Morgan fingerprint density at radius 3 is 2.17 bits per heavy atom. The molecule has 0 aliphatic heterocycles. The van der Waals surface area contributed by atoms with Crippen LogP contribution in [0.15, 0.2) is 47.3 Å². The molecule has 0 radical (unpaired) electrons. The smallest absolute Gasteiger partial charge is 0.256 e. The Morgan fingerprint density at radius 2 is 1.58 bits per heavy atom. The largest absolute Gasteiger partial charge is 0.497 e. The maximum absolute atomic E-state index is 12.5. The molecule has 24 heavy (non-hydrogen) atoms. The highest BCUT2D eigenvalue weighted by atomic mass is 16.5. The molecule has 0 fully saturated rings. The van der Waals surface area contributed by atoms with Gasteiger partial charge in [-0.3, -0.25) is 4.79 Å². The average molecular weight is 324 g/mol. The second-order valence-corrected chi connectivity index (χ2v) is 5.78. The van der Waals surface area contributed by atoms with Crippen LogP contribution >= 0.6 is 0 Å². The van der Waals surface area contributed by atoms with Crippen molar-refractivity contribution in [1.29, 1.82) is 0 Å². The van der Waals surface area contributed by atoms with Crippen molar-refractivity contribution in [3.8, 4) is 22.8 Å². The van der Waals surface area contributed by atoms with Crippen LogP contribution in [0, 0.1) is 0 Å². The van der Waals surface area contributed by atoms with E-state index in [9.17, 15) is 4.79 Å². The number of nitrogens with one attached hydrogen (secondary N) is 1. The van der Waals surface area contributed by atoms with Crippen molar-refractivity contribution in [3.05, 3.63) is 52.8 Å². The Labute approximate surface area is 140 Å². The van der Waals surface area contributed by atoms with Crippen molar-refractivity contribution >= 4 is 16.5 Å². The fourth-order valence-corrected chi connectivity index (χ4v) is 2.64. The van der Waals surface area contributed by atoms with Crippen molar-refractivity contribution in [2.24, 2.45) is 0 Å². The number of hydrogen-bond donors (Lipinski definition) is 1. The molecule has 124 valence electrons. The maximum Gasteiger partial charge on any atom is 0.256 e. The van der Waals surface area contributed by atoms with Gasteiger partial charge >= 0.3 is 0 Å². The minimum absolute atomic E-state index is 0.118. The summed E-state index contributed by atoms with van der Waals surface area (Å²) >= 11 is 0. The van der Waals surface area contributed by atoms with E-state index in [1.807, 2.05) is 55.4 Å². The molecule has 3 aromatic rings. The minimum atomic E-state index is -0.118. The Balaban J connectivity index is 2.18. The monoisotopic (exact) mass is 324 g/mol. The van der Waals surface area contributed by atoms with Crippen LogP contribution in [-0.2, 0) is 0 Å². The molecule has 1 N–H and O–H groups in total. The number of hydrogen-bond acceptors (Lipinski definition) is 4. The van der Waals surface area contributed by atoms with Crippen LogP contribution < -0.4 is 19.9 Å². The lowest BCUT2D eigenvalue weighted by molar-refractivity contribution is 0.394. The zero-order valence-corrected chi connectivity index (χ0v) is 14.2. The zero-order chi connectivity index (χ0) is 17.3. The quantitative estimate of drug-likeness (QED) is 0.800. The fraction of sp³-hybridized carbons (Fsp3) is 0.211. The van der Waals surface area contributed by atoms with Gasteiger partial charge in [-0.2, -0.15) is 0 Å². The highest BCUT2D eigenvalue weighted by molar-refractivity contribution is 5.88. The first-order chi connectivity index (χ1) is 11.5. The van der Waals surface area contributed by atoms with E-state index in [2.05, 4.69) is 4.98 Å². The summed E-state index contributed by atoms with van der Waals surface area (Å²) in [5.74, 6) is 1.35. The van der Waals surface area contributed by atoms with Crippen LogP contribution in [0.2, 0.25) is 0 Å². The minimum Gasteiger partial charge on any atom is -0.497 e. The number of methoxy groups -OCH3 is 2. The van der Waals surface area contributed by atoms with Crippen molar-refractivity contribution < 1.29 is 9.47 Å². The van der Waals surface area contributed by atoms with Crippen molar-refractivity contribution in [1.82, 2.24) is 4.98 Å². The van der Waals surface area contributed by atoms with E-state index in [0.29, 0.717) is 16.9 Å². The van der Waals surface area contributed by atoms with Crippen LogP contribution in [0.3, 0.4) is 0 Å². The maximum atomic E-state index is 12.5. The summed E-state index contributed by atoms with van der Waals surface area (Å²) in [7, 11) is 7.10. The van der Waals surface area contributed by atoms with E-state index in [4.69, 9.17) is 9.47 Å². The third-order valence-corrected chi connectivity index (χ3v) is 4.01. The standard InChI is InChI=1S/C19H20N2O3/c1-21(2)14-6-5-12-9-18(20-19(22)17(12)10-14)13-7-15(23-3)11-16(8-13)24-4/h5-11H,1-4H3,(H,20,22). The zero-order valence-electron chi connectivity index (χ0n) is 14.2. The molecule has 1 aromatic heterocycles. The number of aromatic amines is 1. The third-order valence-electron chi connectivity index (χ3n) is 4.01. The first-order valence-corrected chi connectivity index (χ1v) is 7.59. The van der Waals surface area contributed by atoms with Crippen LogP contribution in [0.5, 0.6) is 11.5 Å². The van der Waals surface area contributed by atoms with Gasteiger partial charge in [0.1, 0.15) is 11.5 Å². The lowest BCUT2D eigenvalue weighted by atomic mass is 10.1. The number of anilines is 1. The van der Waals surface area contributed by atoms with Gasteiger partial charge in [-0.15, -0.1) is 0 Å². The number of H-pyrrole nitrogens is 1. The summed E-state index contributed by atoms with van der Waals surface area (Å²) in [6.45, 7) is 0. The summed E-state index contributed by atoms with van der Waals surface area (Å²) < 4.78 is 10.6. The molecule has 3 rings (SSSR count). The number of ether oxygens (including phenoxy) is 2. The molecule has 0 aliphatic carbocycles. The number of aromatic nitrogens is 1. The Hall–Kier alpha value is -2.95. The van der Waals surface area contributed by atoms with Crippen LogP contribution in [0.4, 0.5) is 5.69 Å². The third kappa shape index (κ3) is 2.93. The topological polar surface area (TPSA) is 54.6 Å². The molecule has 0 saturated heterocycles. The molecule has 2 aromatic carbocycles. The van der Waals surface area contributed by atoms with Gasteiger partial charge in [0.05, 0.1) is 14.2 Å². The van der Waals surface area contributed by atoms with Crippen LogP contribution in [0.1, 0.15) is 0 Å². The summed E-state index contributed by atoms with van der Waals surface area (Å²) in [6.07, 6.45) is 0. The van der Waals surface area contributed by atoms with E-state index >= 15 is 0 Å². The first-order valence-electron chi connectivity index (χ1n) is 7.59. The Kier molecular flexibility index (Phi) is 4.16. The second-order valence-electron chi connectivity index (χ2n) is 5.78. The van der Waals surface area contributed by atoms with Crippen LogP contribution in [-0.4, -0.2) is 33.3 Å². The average Bonchev–Trinajstić information content (AvgIpc) is 2.60. The molecule has 5 nitrogen and oxygen atoms in total. The molecule has 0 aliphatic rings. The van der Waals surface area contributed by atoms with Gasteiger partial charge < -0.3 is 19.4 Å². The van der Waals surface area contributed by atoms with E-state index in [1.54, 1.807) is 20.3 Å². The van der Waals surface area contributed by atoms with Gasteiger partial charge in [0.25, 0.3) is 5.56 Å². The summed E-state index contributed by atoms with van der Waals surface area (Å²) in [4.78, 5) is 17.4. The van der Waals surface area contributed by atoms with Gasteiger partial charge in [-0.05, 0) is 35.7 Å². The molecule has 0 spiro atoms. The van der Waals surface area contributed by atoms with Gasteiger partial charge in [0.2, 0.25) is 0 Å². The van der Waals surface area contributed by atoms with Crippen molar-refractivity contribution in [2.45, 2.75) is 0 Å². The molecular formula is C19H20N2O3. The number of rotatable bonds is 4. The highest BCUT2D eigenvalue weighted by Crippen LogP contribution is 2.30. The number of benzene rings is 2. The highest BCUT2D eigenvalue weighted by Gasteiger charge is 2.09. The van der Waals surface area contributed by atoms with Gasteiger partial charge in [-0.1, -0.05) is 6.07 Å². The van der Waals surface area contributed by atoms with Crippen molar-refractivity contribution in [3.63, 3.8) is 0 Å². The molecule has 0 unspecified atom stereocenters. The molecule has 0 bridgehead atoms. The summed E-state index contributed by atoms with van der Waals surface area (Å²) in [6, 6.07) is 13.3. The number of pyridine rings is 1. The predicted octanol–water partition coefficient (Wildman–Crippen LogP) is 3.28. The number of fused-ring (bicyclic) bond motifs is 1. The normalized spacial score (nSPS) is 10.7. The summed E-state index contributed by atoms with van der Waals surface area (Å²) in [5, 5.41) is 1.56. The first kappa shape index (κ1) is 15.9. The molecule has 0 saturated carbocycles. The summed E-state index contributed by atoms with van der Waals surface area (Å²) in [5.41, 5.74) is 2.43. The fourth-order valence-electron chi connectivity index (χ4n) is 2.64. The Morgan fingerprint density at radius 1 is 0.917 bits per heavy atom. The molecular weight excluding hydrogens is 304 g/mol.